The highest BCUT2D eigenvalue weighted by Crippen LogP contribution is 2.20. The van der Waals surface area contributed by atoms with Gasteiger partial charge in [-0.15, -0.1) is 0 Å². The first-order chi connectivity index (χ1) is 15.5. The van der Waals surface area contributed by atoms with Crippen LogP contribution in [0.2, 0.25) is 0 Å². The van der Waals surface area contributed by atoms with E-state index in [0.717, 1.165) is 12.8 Å². The van der Waals surface area contributed by atoms with Crippen molar-refractivity contribution in [3.8, 4) is 0 Å². The number of rotatable bonds is 15. The number of benzene rings is 1. The lowest BCUT2D eigenvalue weighted by Gasteiger charge is -2.18. The van der Waals surface area contributed by atoms with Gasteiger partial charge in [0.15, 0.2) is 0 Å². The maximum Gasteiger partial charge on any atom is 0.328 e. The monoisotopic (exact) mass is 469 g/mol. The lowest BCUT2D eigenvalue weighted by molar-refractivity contribution is -0.142. The first kappa shape index (κ1) is 26.6. The molecule has 0 aromatic heterocycles. The predicted octanol–water partition coefficient (Wildman–Crippen LogP) is 1.78. The number of thioether (sulfide) groups is 1. The number of aliphatic hydroxyl groups excluding tert-OH is 2. The van der Waals surface area contributed by atoms with Gasteiger partial charge in [-0.25, -0.2) is 4.79 Å². The lowest BCUT2D eigenvalue weighted by Crippen LogP contribution is -2.42. The molecule has 1 aromatic carbocycles. The van der Waals surface area contributed by atoms with Gasteiger partial charge in [-0.1, -0.05) is 31.0 Å². The first-order valence-corrected chi connectivity index (χ1v) is 12.2. The summed E-state index contributed by atoms with van der Waals surface area (Å²) in [5, 5.41) is 22.7. The average molecular weight is 470 g/mol. The molecule has 0 spiro atoms. The van der Waals surface area contributed by atoms with Gasteiger partial charge in [-0.05, 0) is 37.1 Å². The number of ether oxygens (including phenoxy) is 3. The van der Waals surface area contributed by atoms with Crippen LogP contribution in [0.5, 0.6) is 0 Å². The van der Waals surface area contributed by atoms with Gasteiger partial charge in [0, 0.05) is 11.3 Å². The average Bonchev–Trinajstić information content (AvgIpc) is 3.33. The minimum Gasteiger partial charge on any atom is -0.467 e. The molecule has 3 N–H and O–H groups in total. The number of methoxy groups -OCH3 is 1. The van der Waals surface area contributed by atoms with Crippen LogP contribution in [0.25, 0.3) is 0 Å². The number of hydrogen-bond acceptors (Lipinski definition) is 8. The molecular formula is C23H35NO7S. The van der Waals surface area contributed by atoms with E-state index in [2.05, 4.69) is 5.32 Å². The quantitative estimate of drug-likeness (QED) is 0.263. The topological polar surface area (TPSA) is 114 Å². The Labute approximate surface area is 194 Å². The van der Waals surface area contributed by atoms with Crippen molar-refractivity contribution in [1.82, 2.24) is 5.32 Å². The maximum absolute atomic E-state index is 12.3. The largest absolute Gasteiger partial charge is 0.467 e. The Bertz CT molecular complexity index is 670. The SMILES string of the molecule is COC(=O)C(CCSCC(O)COCC(O)COC1CCCC1)NC(=O)c1ccccc1. The van der Waals surface area contributed by atoms with Gasteiger partial charge in [0.1, 0.15) is 12.1 Å². The van der Waals surface area contributed by atoms with Crippen molar-refractivity contribution in [2.75, 3.05) is 38.4 Å². The summed E-state index contributed by atoms with van der Waals surface area (Å²) in [6.07, 6.45) is 3.69. The van der Waals surface area contributed by atoms with Gasteiger partial charge in [-0.3, -0.25) is 4.79 Å². The summed E-state index contributed by atoms with van der Waals surface area (Å²) in [5.74, 6) is 0.112. The van der Waals surface area contributed by atoms with E-state index in [-0.39, 0.29) is 31.8 Å². The van der Waals surface area contributed by atoms with E-state index < -0.39 is 24.2 Å². The zero-order valence-electron chi connectivity index (χ0n) is 18.6. The Hall–Kier alpha value is -1.65. The summed E-state index contributed by atoms with van der Waals surface area (Å²) in [7, 11) is 1.28. The number of carbonyl (C=O) groups excluding carboxylic acids is 2. The second-order valence-corrected chi connectivity index (χ2v) is 9.01. The Balaban J connectivity index is 1.58. The van der Waals surface area contributed by atoms with Crippen molar-refractivity contribution in [3.05, 3.63) is 35.9 Å². The molecule has 0 heterocycles. The molecule has 32 heavy (non-hydrogen) atoms. The minimum absolute atomic E-state index is 0.110. The molecule has 1 aromatic rings. The van der Waals surface area contributed by atoms with Crippen LogP contribution < -0.4 is 5.32 Å². The third kappa shape index (κ3) is 10.3. The number of aliphatic hydroxyl groups is 2. The van der Waals surface area contributed by atoms with Crippen molar-refractivity contribution < 1.29 is 34.0 Å². The fourth-order valence-corrected chi connectivity index (χ4v) is 4.32. The van der Waals surface area contributed by atoms with Crippen LogP contribution >= 0.6 is 11.8 Å². The molecule has 8 nitrogen and oxygen atoms in total. The fraction of sp³-hybridized carbons (Fsp3) is 0.652. The summed E-state index contributed by atoms with van der Waals surface area (Å²) in [6.45, 7) is 0.474. The van der Waals surface area contributed by atoms with E-state index in [1.807, 2.05) is 6.07 Å². The Morgan fingerprint density at radius 1 is 1.09 bits per heavy atom. The molecule has 3 unspecified atom stereocenters. The van der Waals surface area contributed by atoms with Crippen LogP contribution in [0.4, 0.5) is 0 Å². The molecule has 9 heteroatoms. The van der Waals surface area contributed by atoms with Crippen molar-refractivity contribution in [3.63, 3.8) is 0 Å². The molecule has 1 fully saturated rings. The lowest BCUT2D eigenvalue weighted by atomic mass is 10.1. The van der Waals surface area contributed by atoms with Crippen LogP contribution in [-0.4, -0.2) is 84.9 Å². The van der Waals surface area contributed by atoms with Crippen LogP contribution in [0.3, 0.4) is 0 Å². The number of carbonyl (C=O) groups is 2. The van der Waals surface area contributed by atoms with Gasteiger partial charge >= 0.3 is 5.97 Å². The highest BCUT2D eigenvalue weighted by atomic mass is 32.2. The van der Waals surface area contributed by atoms with E-state index in [0.29, 0.717) is 23.5 Å². The van der Waals surface area contributed by atoms with Crippen LogP contribution in [-0.2, 0) is 19.0 Å². The number of hydrogen-bond donors (Lipinski definition) is 3. The highest BCUT2D eigenvalue weighted by molar-refractivity contribution is 7.99. The Morgan fingerprint density at radius 3 is 2.47 bits per heavy atom. The molecule has 0 bridgehead atoms. The molecular weight excluding hydrogens is 434 g/mol. The minimum atomic E-state index is -0.761. The number of esters is 1. The van der Waals surface area contributed by atoms with E-state index in [9.17, 15) is 19.8 Å². The third-order valence-electron chi connectivity index (χ3n) is 5.14. The molecule has 1 aliphatic rings. The van der Waals surface area contributed by atoms with Crippen molar-refractivity contribution in [2.45, 2.75) is 56.5 Å². The molecule has 180 valence electrons. The Kier molecular flexibility index (Phi) is 12.7. The zero-order chi connectivity index (χ0) is 23.2. The Morgan fingerprint density at radius 2 is 1.78 bits per heavy atom. The summed E-state index contributed by atoms with van der Waals surface area (Å²) in [5.41, 5.74) is 0.470. The van der Waals surface area contributed by atoms with E-state index >= 15 is 0 Å². The maximum atomic E-state index is 12.3. The van der Waals surface area contributed by atoms with Crippen molar-refractivity contribution in [2.24, 2.45) is 0 Å². The zero-order valence-corrected chi connectivity index (χ0v) is 19.4. The predicted molar refractivity (Wildman–Crippen MR) is 123 cm³/mol. The van der Waals surface area contributed by atoms with Crippen molar-refractivity contribution >= 4 is 23.6 Å². The fourth-order valence-electron chi connectivity index (χ4n) is 3.38. The van der Waals surface area contributed by atoms with E-state index in [1.54, 1.807) is 24.3 Å². The molecule has 0 aliphatic heterocycles. The molecule has 1 saturated carbocycles. The summed E-state index contributed by atoms with van der Waals surface area (Å²) < 4.78 is 15.8. The van der Waals surface area contributed by atoms with Crippen molar-refractivity contribution in [1.29, 1.82) is 0 Å². The van der Waals surface area contributed by atoms with Gasteiger partial charge < -0.3 is 29.7 Å². The molecule has 1 amide bonds. The molecule has 0 saturated heterocycles. The van der Waals surface area contributed by atoms with E-state index in [1.165, 1.54) is 31.7 Å². The van der Waals surface area contributed by atoms with Gasteiger partial charge in [0.05, 0.1) is 39.1 Å². The summed E-state index contributed by atoms with van der Waals surface area (Å²) in [4.78, 5) is 24.3. The molecule has 1 aliphatic carbocycles. The second kappa shape index (κ2) is 15.2. The second-order valence-electron chi connectivity index (χ2n) is 7.86. The number of nitrogens with one attached hydrogen (secondary N) is 1. The normalized spacial score (nSPS) is 17.0. The smallest absolute Gasteiger partial charge is 0.328 e. The van der Waals surface area contributed by atoms with Gasteiger partial charge in [0.25, 0.3) is 5.91 Å². The standard InChI is InChI=1S/C23H35NO7S/c1-29-23(28)21(24-22(27)17-7-3-2-4-8-17)11-12-32-16-19(26)14-30-13-18(25)15-31-20-9-5-6-10-20/h2-4,7-8,18-21,25-26H,5-6,9-16H2,1H3,(H,24,27). The molecule has 2 rings (SSSR count). The summed E-state index contributed by atoms with van der Waals surface area (Å²) in [6, 6.07) is 7.90. The first-order valence-electron chi connectivity index (χ1n) is 11.1. The van der Waals surface area contributed by atoms with Gasteiger partial charge in [-0.2, -0.15) is 11.8 Å². The van der Waals surface area contributed by atoms with Crippen LogP contribution in [0.15, 0.2) is 30.3 Å². The van der Waals surface area contributed by atoms with Crippen LogP contribution in [0.1, 0.15) is 42.5 Å². The molecule has 3 atom stereocenters. The van der Waals surface area contributed by atoms with Gasteiger partial charge in [0.2, 0.25) is 0 Å². The number of amides is 1. The molecule has 0 radical (unpaired) electrons. The highest BCUT2D eigenvalue weighted by Gasteiger charge is 2.22. The summed E-state index contributed by atoms with van der Waals surface area (Å²) >= 11 is 1.45. The third-order valence-corrected chi connectivity index (χ3v) is 6.28. The van der Waals surface area contributed by atoms with Crippen LogP contribution in [0, 0.1) is 0 Å². The van der Waals surface area contributed by atoms with E-state index in [4.69, 9.17) is 14.2 Å².